The number of rotatable bonds is 4. The van der Waals surface area contributed by atoms with Crippen LogP contribution >= 0.6 is 0 Å². The third kappa shape index (κ3) is 11.0. The average Bonchev–Trinajstić information content (AvgIpc) is 3.93. The van der Waals surface area contributed by atoms with Crippen molar-refractivity contribution in [2.24, 2.45) is 5.41 Å². The van der Waals surface area contributed by atoms with Crippen molar-refractivity contribution >= 4 is 12.0 Å². The van der Waals surface area contributed by atoms with E-state index in [0.717, 1.165) is 6.42 Å². The largest absolute Gasteiger partial charge is 1.00 e. The van der Waals surface area contributed by atoms with Gasteiger partial charge in [0.15, 0.2) is 0 Å². The van der Waals surface area contributed by atoms with Crippen molar-refractivity contribution in [3.05, 3.63) is 157 Å². The first-order chi connectivity index (χ1) is 26.8. The zero-order valence-electron chi connectivity index (χ0n) is 38.9. The molecule has 4 aromatic carbocycles. The standard InChI is InChI=1S/C31H39.C13H9.C5H5.2C3H6.4ClH.2Zr/c1-19-13-22(30(5,6)7)16-24(19)27-17-23(31(8,9)10)18-28-25-15-21(29(2,3)4)12-11-20(25)14-26(27)28;1-3-7-12-10(5-1)9-11-6-2-4-8-13(11)12;1-2-4-5-3-1;2*1-3-2;;;;;;/h11-15,17-18H,16H2,1-10H3;1-9H;1-3H,4H2;2*1-2H3;4*1H;;/q;;;;;;;;;;+4/p-4. The summed E-state index contributed by atoms with van der Waals surface area (Å²) < 4.78 is 6.39. The number of allylic oxidation sites excluding steroid dienone is 8. The number of benzene rings is 4. The van der Waals surface area contributed by atoms with Crippen LogP contribution in [0, 0.1) is 5.41 Å². The minimum Gasteiger partial charge on any atom is -1.00 e. The van der Waals surface area contributed by atoms with Crippen LogP contribution in [0.2, 0.25) is 0 Å². The van der Waals surface area contributed by atoms with Crippen molar-refractivity contribution < 1.29 is 93.6 Å². The topological polar surface area (TPSA) is 0 Å². The summed E-state index contributed by atoms with van der Waals surface area (Å²) in [5.74, 6) is 0. The molecule has 6 heteroatoms. The Hall–Kier alpha value is -1.49. The molecule has 0 amide bonds. The smallest absolute Gasteiger partial charge is 1.00 e. The van der Waals surface area contributed by atoms with Crippen molar-refractivity contribution in [2.75, 3.05) is 0 Å². The summed E-state index contributed by atoms with van der Waals surface area (Å²) >= 11 is -2.62. The van der Waals surface area contributed by atoms with Crippen LogP contribution in [0.1, 0.15) is 156 Å². The van der Waals surface area contributed by atoms with E-state index >= 15 is 0 Å². The van der Waals surface area contributed by atoms with Crippen LogP contribution in [0.15, 0.2) is 118 Å². The molecule has 61 heavy (non-hydrogen) atoms. The van der Waals surface area contributed by atoms with Crippen molar-refractivity contribution in [1.29, 1.82) is 0 Å². The molecule has 0 bridgehead atoms. The number of hydrogen-bond donors (Lipinski definition) is 0. The van der Waals surface area contributed by atoms with E-state index in [4.69, 9.17) is 0 Å². The summed E-state index contributed by atoms with van der Waals surface area (Å²) in [7, 11) is 0. The van der Waals surface area contributed by atoms with Gasteiger partial charge in [-0.1, -0.05) is 0 Å². The molecule has 0 aromatic heterocycles. The second-order valence-corrected chi connectivity index (χ2v) is 32.5. The van der Waals surface area contributed by atoms with E-state index in [-0.39, 0.29) is 65.9 Å². The molecule has 321 valence electrons. The predicted octanol–water partition coefficient (Wildman–Crippen LogP) is 3.24. The Kier molecular flexibility index (Phi) is 18.3. The van der Waals surface area contributed by atoms with Gasteiger partial charge < -0.3 is 49.6 Å². The summed E-state index contributed by atoms with van der Waals surface area (Å²) in [4.78, 5) is 0. The molecular formula is C55H65Cl4Zr2. The monoisotopic (exact) mass is 1050 g/mol. The molecule has 8 rings (SSSR count). The van der Waals surface area contributed by atoms with Gasteiger partial charge in [-0.3, -0.25) is 0 Å². The van der Waals surface area contributed by atoms with Gasteiger partial charge in [0.05, 0.1) is 0 Å². The molecule has 0 spiro atoms. The third-order valence-corrected chi connectivity index (χ3v) is 24.4. The normalized spacial score (nSPS) is 16.0. The molecule has 4 aliphatic carbocycles. The second-order valence-electron chi connectivity index (χ2n) is 20.5. The number of halogens is 4. The van der Waals surface area contributed by atoms with Gasteiger partial charge in [0.1, 0.15) is 0 Å². The van der Waals surface area contributed by atoms with E-state index in [2.05, 4.69) is 200 Å². The Balaban J connectivity index is 0.000000331. The molecule has 0 fully saturated rings. The number of hydrogen-bond acceptors (Lipinski definition) is 0. The quantitative estimate of drug-likeness (QED) is 0.295. The summed E-state index contributed by atoms with van der Waals surface area (Å²) in [6.07, 6.45) is 11.7. The molecule has 1 unspecified atom stereocenters. The van der Waals surface area contributed by atoms with Crippen LogP contribution in [0.4, 0.5) is 0 Å². The zero-order valence-corrected chi connectivity index (χ0v) is 46.8. The van der Waals surface area contributed by atoms with Gasteiger partial charge in [-0.25, -0.2) is 0 Å². The molecule has 1 atom stereocenters. The molecule has 4 aromatic rings. The summed E-state index contributed by atoms with van der Waals surface area (Å²) in [6, 6.07) is 30.7. The Morgan fingerprint density at radius 1 is 0.607 bits per heavy atom. The maximum atomic E-state index is 2.57. The van der Waals surface area contributed by atoms with Crippen LogP contribution in [-0.2, 0) is 54.8 Å². The SMILES string of the molecule is C[C](C)=[Zr+4][CH]1c2ccc(C(C)(C)C)cc2-c2cc(C(C)(C)C)cc(C3=C(C)C=C(C(C)(C)C)C3)c21.C[C](C)=[Zr]([C]1=CC=CC1)[CH]1c2ccccc2-c2ccccc21.[Cl-].[Cl-].[Cl-].[Cl-]. The molecule has 0 saturated carbocycles. The first-order valence-corrected chi connectivity index (χ1v) is 27.8. The van der Waals surface area contributed by atoms with Crippen molar-refractivity contribution in [2.45, 2.75) is 128 Å². The van der Waals surface area contributed by atoms with E-state index in [1.54, 1.807) is 48.7 Å². The fraction of sp³-hybridized carbons (Fsp3) is 0.382. The maximum Gasteiger partial charge on any atom is -1.00 e. The Morgan fingerprint density at radius 3 is 1.62 bits per heavy atom. The molecule has 0 saturated heterocycles. The van der Waals surface area contributed by atoms with E-state index in [9.17, 15) is 0 Å². The first-order valence-electron chi connectivity index (χ1n) is 21.3. The third-order valence-electron chi connectivity index (χ3n) is 12.6. The minimum absolute atomic E-state index is 0. The summed E-state index contributed by atoms with van der Waals surface area (Å²) in [5, 5.41) is 0. The molecular weight excluding hydrogens is 985 g/mol. The fourth-order valence-electron chi connectivity index (χ4n) is 9.40. The van der Waals surface area contributed by atoms with Gasteiger partial charge in [0.2, 0.25) is 0 Å². The minimum atomic E-state index is -1.87. The fourth-order valence-corrected chi connectivity index (χ4v) is 21.1. The first kappa shape index (κ1) is 53.8. The van der Waals surface area contributed by atoms with Crippen LogP contribution < -0.4 is 49.6 Å². The van der Waals surface area contributed by atoms with Gasteiger partial charge in [0.25, 0.3) is 0 Å². The van der Waals surface area contributed by atoms with Crippen molar-refractivity contribution in [3.63, 3.8) is 0 Å². The van der Waals surface area contributed by atoms with E-state index in [1.165, 1.54) is 45.4 Å². The van der Waals surface area contributed by atoms with Crippen molar-refractivity contribution in [3.8, 4) is 22.3 Å². The zero-order chi connectivity index (χ0) is 41.2. The summed E-state index contributed by atoms with van der Waals surface area (Å²) in [6.45, 7) is 33.0. The Labute approximate surface area is 413 Å². The maximum absolute atomic E-state index is 2.57. The Bertz CT molecular complexity index is 2420. The van der Waals surface area contributed by atoms with Crippen LogP contribution in [0.3, 0.4) is 0 Å². The van der Waals surface area contributed by atoms with Crippen molar-refractivity contribution in [1.82, 2.24) is 0 Å². The average molecular weight is 1050 g/mol. The number of fused-ring (bicyclic) bond motifs is 6. The second kappa shape index (κ2) is 20.8. The van der Waals surface area contributed by atoms with Gasteiger partial charge in [-0.2, -0.15) is 0 Å². The molecule has 0 radical (unpaired) electrons. The van der Waals surface area contributed by atoms with E-state index in [0.29, 0.717) is 7.25 Å². The molecule has 0 heterocycles. The van der Waals surface area contributed by atoms with Crippen LogP contribution in [0.5, 0.6) is 0 Å². The van der Waals surface area contributed by atoms with Crippen LogP contribution in [0.25, 0.3) is 27.8 Å². The van der Waals surface area contributed by atoms with Gasteiger partial charge in [0, 0.05) is 0 Å². The Morgan fingerprint density at radius 2 is 1.15 bits per heavy atom. The molecule has 4 aliphatic rings. The van der Waals surface area contributed by atoms with Gasteiger partial charge in [-0.05, 0) is 0 Å². The van der Waals surface area contributed by atoms with E-state index < -0.39 is 44.0 Å². The molecule has 0 aliphatic heterocycles. The molecule has 0 nitrogen and oxygen atoms in total. The van der Waals surface area contributed by atoms with Gasteiger partial charge in [-0.15, -0.1) is 0 Å². The van der Waals surface area contributed by atoms with E-state index in [1.807, 2.05) is 0 Å². The predicted molar refractivity (Wildman–Crippen MR) is 244 cm³/mol. The van der Waals surface area contributed by atoms with Crippen LogP contribution in [-0.4, -0.2) is 6.41 Å². The van der Waals surface area contributed by atoms with Gasteiger partial charge >= 0.3 is 368 Å². The summed E-state index contributed by atoms with van der Waals surface area (Å²) in [5.41, 5.74) is 21.9. The molecule has 0 N–H and O–H groups in total.